The van der Waals surface area contributed by atoms with Crippen LogP contribution in [0.15, 0.2) is 54.6 Å². The fraction of sp³-hybridized carbons (Fsp3) is 0.333. The Bertz CT molecular complexity index is 995. The van der Waals surface area contributed by atoms with Crippen LogP contribution in [0.4, 0.5) is 0 Å². The third kappa shape index (κ3) is 4.85. The van der Waals surface area contributed by atoms with Gasteiger partial charge in [-0.1, -0.05) is 43.6 Å². The van der Waals surface area contributed by atoms with Crippen molar-refractivity contribution in [1.82, 2.24) is 14.7 Å². The number of ether oxygens (including phenoxy) is 1. The van der Waals surface area contributed by atoms with Gasteiger partial charge in [-0.15, -0.1) is 0 Å². The summed E-state index contributed by atoms with van der Waals surface area (Å²) in [4.78, 5) is 14.7. The van der Waals surface area contributed by atoms with E-state index >= 15 is 0 Å². The highest BCUT2D eigenvalue weighted by molar-refractivity contribution is 6.30. The molecule has 0 aliphatic rings. The summed E-state index contributed by atoms with van der Waals surface area (Å²) in [6.45, 7) is 10.3. The Morgan fingerprint density at radius 2 is 1.70 bits per heavy atom. The highest BCUT2D eigenvalue weighted by Crippen LogP contribution is 2.32. The maximum absolute atomic E-state index is 12.8. The van der Waals surface area contributed by atoms with E-state index in [0.29, 0.717) is 23.2 Å². The van der Waals surface area contributed by atoms with E-state index in [-0.39, 0.29) is 17.9 Å². The van der Waals surface area contributed by atoms with E-state index in [0.717, 1.165) is 16.9 Å². The van der Waals surface area contributed by atoms with Crippen molar-refractivity contribution in [1.29, 1.82) is 0 Å². The number of aromatic nitrogens is 2. The zero-order chi connectivity index (χ0) is 21.8. The van der Waals surface area contributed by atoms with Crippen molar-refractivity contribution in [3.63, 3.8) is 0 Å². The molecule has 6 heteroatoms. The number of para-hydroxylation sites is 1. The molecule has 1 heterocycles. The fourth-order valence-electron chi connectivity index (χ4n) is 3.20. The third-order valence-corrected chi connectivity index (χ3v) is 5.15. The van der Waals surface area contributed by atoms with E-state index in [2.05, 4.69) is 0 Å². The molecule has 0 atom stereocenters. The van der Waals surface area contributed by atoms with Gasteiger partial charge in [0.25, 0.3) is 0 Å². The molecule has 0 radical (unpaired) electrons. The van der Waals surface area contributed by atoms with Crippen molar-refractivity contribution in [2.24, 2.45) is 5.92 Å². The summed E-state index contributed by atoms with van der Waals surface area (Å²) in [5, 5.41) is 5.38. The lowest BCUT2D eigenvalue weighted by Crippen LogP contribution is -2.39. The van der Waals surface area contributed by atoms with E-state index < -0.39 is 0 Å². The van der Waals surface area contributed by atoms with Crippen molar-refractivity contribution in [2.75, 3.05) is 0 Å². The molecule has 0 aliphatic heterocycles. The molecule has 0 bridgehead atoms. The molecule has 3 aromatic rings. The number of benzene rings is 2. The molecule has 5 nitrogen and oxygen atoms in total. The monoisotopic (exact) mass is 425 g/mol. The summed E-state index contributed by atoms with van der Waals surface area (Å²) < 4.78 is 8.08. The quantitative estimate of drug-likeness (QED) is 0.465. The molecule has 1 aromatic heterocycles. The summed E-state index contributed by atoms with van der Waals surface area (Å²) in [5.41, 5.74) is 2.60. The highest BCUT2D eigenvalue weighted by atomic mass is 35.5. The second-order valence-corrected chi connectivity index (χ2v) is 8.32. The minimum absolute atomic E-state index is 0.0581. The number of carbonyl (C=O) groups excluding carboxylic acids is 1. The summed E-state index contributed by atoms with van der Waals surface area (Å²) in [6.07, 6.45) is 0. The number of halogens is 1. The van der Waals surface area contributed by atoms with Crippen molar-refractivity contribution in [3.8, 4) is 17.3 Å². The van der Waals surface area contributed by atoms with Crippen molar-refractivity contribution >= 4 is 17.5 Å². The van der Waals surface area contributed by atoms with Gasteiger partial charge in [-0.2, -0.15) is 5.10 Å². The van der Waals surface area contributed by atoms with Crippen LogP contribution in [0.3, 0.4) is 0 Å². The lowest BCUT2D eigenvalue weighted by Gasteiger charge is -2.28. The van der Waals surface area contributed by atoms with Gasteiger partial charge >= 0.3 is 0 Å². The molecule has 0 unspecified atom stereocenters. The first-order valence-corrected chi connectivity index (χ1v) is 10.5. The van der Waals surface area contributed by atoms with Crippen LogP contribution in [0.25, 0.3) is 5.69 Å². The van der Waals surface area contributed by atoms with Gasteiger partial charge in [0.15, 0.2) is 0 Å². The van der Waals surface area contributed by atoms with Crippen LogP contribution in [-0.4, -0.2) is 26.6 Å². The van der Waals surface area contributed by atoms with E-state index in [1.54, 1.807) is 16.8 Å². The molecule has 0 fully saturated rings. The summed E-state index contributed by atoms with van der Waals surface area (Å²) in [6, 6.07) is 17.1. The van der Waals surface area contributed by atoms with Gasteiger partial charge in [-0.05, 0) is 57.2 Å². The molecule has 0 saturated heterocycles. The van der Waals surface area contributed by atoms with Crippen LogP contribution >= 0.6 is 11.6 Å². The first-order valence-electron chi connectivity index (χ1n) is 10.2. The Morgan fingerprint density at radius 3 is 2.27 bits per heavy atom. The lowest BCUT2D eigenvalue weighted by molar-refractivity contribution is -0.136. The number of aryl methyl sites for hydroxylation is 1. The predicted molar refractivity (Wildman–Crippen MR) is 120 cm³/mol. The number of amides is 1. The van der Waals surface area contributed by atoms with Gasteiger partial charge in [0.05, 0.1) is 23.5 Å². The average molecular weight is 426 g/mol. The Morgan fingerprint density at radius 1 is 1.07 bits per heavy atom. The molecule has 3 rings (SSSR count). The maximum Gasteiger partial charge on any atom is 0.227 e. The van der Waals surface area contributed by atoms with Crippen molar-refractivity contribution in [3.05, 3.63) is 70.9 Å². The Kier molecular flexibility index (Phi) is 6.83. The number of nitrogens with zero attached hydrogens (tertiary/aromatic N) is 3. The molecule has 0 saturated carbocycles. The van der Waals surface area contributed by atoms with Crippen LogP contribution in [0.2, 0.25) is 5.02 Å². The molecule has 0 aliphatic carbocycles. The Balaban J connectivity index is 2.08. The topological polar surface area (TPSA) is 47.4 Å². The van der Waals surface area contributed by atoms with Gasteiger partial charge in [0, 0.05) is 17.0 Å². The molecule has 2 aromatic carbocycles. The van der Waals surface area contributed by atoms with Crippen LogP contribution in [-0.2, 0) is 11.3 Å². The highest BCUT2D eigenvalue weighted by Gasteiger charge is 2.26. The molecule has 1 amide bonds. The molecular weight excluding hydrogens is 398 g/mol. The largest absolute Gasteiger partial charge is 0.439 e. The first kappa shape index (κ1) is 21.9. The number of hydrogen-bond acceptors (Lipinski definition) is 3. The van der Waals surface area contributed by atoms with Crippen LogP contribution in [0.5, 0.6) is 11.6 Å². The predicted octanol–water partition coefficient (Wildman–Crippen LogP) is 6.02. The molecule has 158 valence electrons. The first-order chi connectivity index (χ1) is 14.3. The Labute approximate surface area is 183 Å². The number of rotatable bonds is 7. The van der Waals surface area contributed by atoms with Gasteiger partial charge < -0.3 is 9.64 Å². The summed E-state index contributed by atoms with van der Waals surface area (Å²) in [5.74, 6) is 1.28. The summed E-state index contributed by atoms with van der Waals surface area (Å²) in [7, 11) is 0. The molecule has 0 spiro atoms. The number of hydrogen-bond donors (Lipinski definition) is 0. The minimum Gasteiger partial charge on any atom is -0.439 e. The third-order valence-electron chi connectivity index (χ3n) is 4.89. The normalized spacial score (nSPS) is 11.2. The smallest absolute Gasteiger partial charge is 0.227 e. The zero-order valence-electron chi connectivity index (χ0n) is 18.1. The van der Waals surface area contributed by atoms with Gasteiger partial charge in [-0.3, -0.25) is 4.79 Å². The van der Waals surface area contributed by atoms with Crippen molar-refractivity contribution in [2.45, 2.75) is 47.2 Å². The lowest BCUT2D eigenvalue weighted by atomic mass is 10.1. The maximum atomic E-state index is 12.8. The second-order valence-electron chi connectivity index (χ2n) is 7.89. The minimum atomic E-state index is -0.0856. The van der Waals surface area contributed by atoms with E-state index in [9.17, 15) is 4.79 Å². The SMILES string of the molecule is Cc1nn(-c2ccccc2)c(Oc2ccc(Cl)cc2)c1CN(C(=O)C(C)C)C(C)C. The number of carbonyl (C=O) groups is 1. The van der Waals surface area contributed by atoms with E-state index in [1.807, 2.05) is 82.0 Å². The molecular formula is C24H28ClN3O2. The zero-order valence-corrected chi connectivity index (χ0v) is 18.8. The molecule has 0 N–H and O–H groups in total. The average Bonchev–Trinajstić information content (AvgIpc) is 3.02. The van der Waals surface area contributed by atoms with Crippen LogP contribution in [0, 0.1) is 12.8 Å². The van der Waals surface area contributed by atoms with Gasteiger partial charge in [0.2, 0.25) is 11.8 Å². The van der Waals surface area contributed by atoms with E-state index in [1.165, 1.54) is 0 Å². The molecule has 30 heavy (non-hydrogen) atoms. The van der Waals surface area contributed by atoms with Crippen LogP contribution < -0.4 is 4.74 Å². The van der Waals surface area contributed by atoms with Crippen molar-refractivity contribution < 1.29 is 9.53 Å². The second kappa shape index (κ2) is 9.35. The summed E-state index contributed by atoms with van der Waals surface area (Å²) >= 11 is 6.03. The fourth-order valence-corrected chi connectivity index (χ4v) is 3.33. The Hall–Kier alpha value is -2.79. The van der Waals surface area contributed by atoms with Gasteiger partial charge in [0.1, 0.15) is 5.75 Å². The van der Waals surface area contributed by atoms with Gasteiger partial charge in [-0.25, -0.2) is 4.68 Å². The van der Waals surface area contributed by atoms with E-state index in [4.69, 9.17) is 21.4 Å². The van der Waals surface area contributed by atoms with Crippen LogP contribution in [0.1, 0.15) is 39.0 Å². The standard InChI is InChI=1S/C24H28ClN3O2/c1-16(2)23(29)27(17(3)4)15-22-18(5)26-28(20-9-7-6-8-10-20)24(22)30-21-13-11-19(25)12-14-21/h6-14,16-17H,15H2,1-5H3.